The van der Waals surface area contributed by atoms with Gasteiger partial charge < -0.3 is 14.3 Å². The Labute approximate surface area is 101 Å². The summed E-state index contributed by atoms with van der Waals surface area (Å²) in [7, 11) is 0. The molecular weight excluding hydrogens is 222 g/mol. The van der Waals surface area contributed by atoms with Gasteiger partial charge in [-0.15, -0.1) is 0 Å². The SMILES string of the molecule is CCCc1nc(CCCOCC)oc1C(=O)O. The van der Waals surface area contributed by atoms with Gasteiger partial charge in [-0.3, -0.25) is 0 Å². The molecule has 1 aromatic heterocycles. The van der Waals surface area contributed by atoms with Crippen molar-refractivity contribution >= 4 is 5.97 Å². The van der Waals surface area contributed by atoms with Gasteiger partial charge in [0.2, 0.25) is 5.76 Å². The summed E-state index contributed by atoms with van der Waals surface area (Å²) in [6.45, 7) is 5.25. The maximum atomic E-state index is 10.9. The molecule has 5 heteroatoms. The molecule has 0 aliphatic carbocycles. The number of aromatic carboxylic acids is 1. The number of carboxylic acid groups (broad SMARTS) is 1. The smallest absolute Gasteiger partial charge is 0.373 e. The van der Waals surface area contributed by atoms with Gasteiger partial charge in [0.1, 0.15) is 0 Å². The molecule has 1 heterocycles. The van der Waals surface area contributed by atoms with E-state index in [1.54, 1.807) is 0 Å². The van der Waals surface area contributed by atoms with Crippen molar-refractivity contribution in [1.29, 1.82) is 0 Å². The van der Waals surface area contributed by atoms with Crippen molar-refractivity contribution < 1.29 is 19.1 Å². The third-order valence-electron chi connectivity index (χ3n) is 2.31. The lowest BCUT2D eigenvalue weighted by atomic mass is 10.2. The molecule has 17 heavy (non-hydrogen) atoms. The Morgan fingerprint density at radius 2 is 2.18 bits per heavy atom. The van der Waals surface area contributed by atoms with Crippen molar-refractivity contribution in [3.05, 3.63) is 17.3 Å². The highest BCUT2D eigenvalue weighted by Gasteiger charge is 2.18. The van der Waals surface area contributed by atoms with Crippen LogP contribution in [-0.2, 0) is 17.6 Å². The highest BCUT2D eigenvalue weighted by atomic mass is 16.5. The normalized spacial score (nSPS) is 10.7. The molecule has 0 radical (unpaired) electrons. The van der Waals surface area contributed by atoms with Gasteiger partial charge in [-0.25, -0.2) is 9.78 Å². The van der Waals surface area contributed by atoms with E-state index in [1.807, 2.05) is 13.8 Å². The lowest BCUT2D eigenvalue weighted by molar-refractivity contribution is 0.0658. The Hall–Kier alpha value is -1.36. The minimum absolute atomic E-state index is 0.0155. The number of ether oxygens (including phenoxy) is 1. The van der Waals surface area contributed by atoms with E-state index in [0.717, 1.165) is 12.8 Å². The highest BCUT2D eigenvalue weighted by molar-refractivity contribution is 5.85. The summed E-state index contributed by atoms with van der Waals surface area (Å²) in [6.07, 6.45) is 2.89. The molecule has 0 aliphatic rings. The first-order valence-electron chi connectivity index (χ1n) is 5.98. The van der Waals surface area contributed by atoms with Crippen LogP contribution in [0.4, 0.5) is 0 Å². The second-order valence-electron chi connectivity index (χ2n) is 3.74. The van der Waals surface area contributed by atoms with Gasteiger partial charge in [-0.1, -0.05) is 13.3 Å². The maximum Gasteiger partial charge on any atom is 0.373 e. The monoisotopic (exact) mass is 241 g/mol. The zero-order valence-corrected chi connectivity index (χ0v) is 10.4. The summed E-state index contributed by atoms with van der Waals surface area (Å²) in [4.78, 5) is 15.1. The average Bonchev–Trinajstić information content (AvgIpc) is 2.68. The second-order valence-corrected chi connectivity index (χ2v) is 3.74. The predicted octanol–water partition coefficient (Wildman–Crippen LogP) is 2.29. The maximum absolute atomic E-state index is 10.9. The summed E-state index contributed by atoms with van der Waals surface area (Å²) in [5.41, 5.74) is 0.548. The van der Waals surface area contributed by atoms with Gasteiger partial charge in [0.05, 0.1) is 5.69 Å². The molecule has 1 N–H and O–H groups in total. The fraction of sp³-hybridized carbons (Fsp3) is 0.667. The lowest BCUT2D eigenvalue weighted by Crippen LogP contribution is -1.99. The molecule has 5 nitrogen and oxygen atoms in total. The Bertz CT molecular complexity index is 359. The first-order chi connectivity index (χ1) is 8.19. The van der Waals surface area contributed by atoms with Crippen LogP contribution in [0.5, 0.6) is 0 Å². The Kier molecular flexibility index (Phi) is 5.69. The third-order valence-corrected chi connectivity index (χ3v) is 2.31. The molecule has 0 fully saturated rings. The summed E-state index contributed by atoms with van der Waals surface area (Å²) in [6, 6.07) is 0. The number of hydrogen-bond acceptors (Lipinski definition) is 4. The fourth-order valence-electron chi connectivity index (χ4n) is 1.55. The van der Waals surface area contributed by atoms with Crippen molar-refractivity contribution in [1.82, 2.24) is 4.98 Å². The van der Waals surface area contributed by atoms with E-state index < -0.39 is 5.97 Å². The number of oxazole rings is 1. The Morgan fingerprint density at radius 3 is 2.76 bits per heavy atom. The van der Waals surface area contributed by atoms with Crippen LogP contribution in [0.25, 0.3) is 0 Å². The molecule has 0 unspecified atom stereocenters. The molecule has 0 saturated carbocycles. The molecule has 0 amide bonds. The number of carboxylic acids is 1. The minimum Gasteiger partial charge on any atom is -0.475 e. The van der Waals surface area contributed by atoms with Crippen LogP contribution in [0.3, 0.4) is 0 Å². The first kappa shape index (κ1) is 13.7. The van der Waals surface area contributed by atoms with Gasteiger partial charge in [-0.05, 0) is 19.8 Å². The molecule has 1 rings (SSSR count). The molecule has 0 aromatic carbocycles. The van der Waals surface area contributed by atoms with Crippen LogP contribution in [-0.4, -0.2) is 29.3 Å². The van der Waals surface area contributed by atoms with Crippen molar-refractivity contribution in [2.24, 2.45) is 0 Å². The second kappa shape index (κ2) is 7.06. The van der Waals surface area contributed by atoms with E-state index in [1.165, 1.54) is 0 Å². The van der Waals surface area contributed by atoms with Crippen molar-refractivity contribution in [3.63, 3.8) is 0 Å². The quantitative estimate of drug-likeness (QED) is 0.707. The van der Waals surface area contributed by atoms with Crippen molar-refractivity contribution in [2.45, 2.75) is 39.5 Å². The number of carbonyl (C=O) groups is 1. The van der Waals surface area contributed by atoms with Gasteiger partial charge in [-0.2, -0.15) is 0 Å². The Morgan fingerprint density at radius 1 is 1.41 bits per heavy atom. The average molecular weight is 241 g/mol. The summed E-state index contributed by atoms with van der Waals surface area (Å²) >= 11 is 0. The molecule has 0 aliphatic heterocycles. The molecule has 1 aromatic rings. The number of hydrogen-bond donors (Lipinski definition) is 1. The largest absolute Gasteiger partial charge is 0.475 e. The summed E-state index contributed by atoms with van der Waals surface area (Å²) < 4.78 is 10.4. The van der Waals surface area contributed by atoms with Gasteiger partial charge in [0, 0.05) is 19.6 Å². The van der Waals surface area contributed by atoms with Gasteiger partial charge in [0.25, 0.3) is 0 Å². The van der Waals surface area contributed by atoms with E-state index in [0.29, 0.717) is 37.6 Å². The number of aromatic nitrogens is 1. The number of aryl methyl sites for hydroxylation is 2. The zero-order chi connectivity index (χ0) is 12.7. The van der Waals surface area contributed by atoms with E-state index >= 15 is 0 Å². The predicted molar refractivity (Wildman–Crippen MR) is 62.3 cm³/mol. The third kappa shape index (κ3) is 4.19. The van der Waals surface area contributed by atoms with Gasteiger partial charge >= 0.3 is 5.97 Å². The lowest BCUT2D eigenvalue weighted by Gasteiger charge is -1.97. The minimum atomic E-state index is -1.04. The van der Waals surface area contributed by atoms with E-state index in [9.17, 15) is 4.79 Å². The van der Waals surface area contributed by atoms with E-state index in [2.05, 4.69) is 4.98 Å². The Balaban J connectivity index is 2.61. The van der Waals surface area contributed by atoms with Crippen LogP contribution >= 0.6 is 0 Å². The van der Waals surface area contributed by atoms with Crippen LogP contribution in [0.15, 0.2) is 4.42 Å². The van der Waals surface area contributed by atoms with Crippen molar-refractivity contribution in [3.8, 4) is 0 Å². The van der Waals surface area contributed by atoms with E-state index in [-0.39, 0.29) is 5.76 Å². The van der Waals surface area contributed by atoms with Crippen LogP contribution < -0.4 is 0 Å². The van der Waals surface area contributed by atoms with Crippen LogP contribution in [0.1, 0.15) is 48.8 Å². The molecule has 0 spiro atoms. The van der Waals surface area contributed by atoms with Crippen LogP contribution in [0, 0.1) is 0 Å². The van der Waals surface area contributed by atoms with E-state index in [4.69, 9.17) is 14.3 Å². The number of nitrogens with zero attached hydrogens (tertiary/aromatic N) is 1. The van der Waals surface area contributed by atoms with Gasteiger partial charge in [0.15, 0.2) is 5.89 Å². The topological polar surface area (TPSA) is 72.6 Å². The zero-order valence-electron chi connectivity index (χ0n) is 10.4. The van der Waals surface area contributed by atoms with Crippen LogP contribution in [0.2, 0.25) is 0 Å². The fourth-order valence-corrected chi connectivity index (χ4v) is 1.55. The number of rotatable bonds is 8. The first-order valence-corrected chi connectivity index (χ1v) is 5.98. The molecular formula is C12H19NO4. The summed E-state index contributed by atoms with van der Waals surface area (Å²) in [5.74, 6) is -0.569. The molecule has 0 saturated heterocycles. The highest BCUT2D eigenvalue weighted by Crippen LogP contribution is 2.14. The van der Waals surface area contributed by atoms with Crippen molar-refractivity contribution in [2.75, 3.05) is 13.2 Å². The summed E-state index contributed by atoms with van der Waals surface area (Å²) in [5, 5.41) is 8.96. The molecule has 96 valence electrons. The molecule has 0 atom stereocenters. The molecule has 0 bridgehead atoms. The standard InChI is InChI=1S/C12H19NO4/c1-3-6-9-11(12(14)15)17-10(13-9)7-5-8-16-4-2/h3-8H2,1-2H3,(H,14,15).